The SMILES string of the molecule is COC(OC)c1ccnc(C2SCCSC2C)n1. The third kappa shape index (κ3) is 3.17. The molecule has 0 spiro atoms. The van der Waals surface area contributed by atoms with E-state index in [1.807, 2.05) is 29.6 Å². The topological polar surface area (TPSA) is 44.2 Å². The van der Waals surface area contributed by atoms with Gasteiger partial charge in [-0.05, 0) is 6.07 Å². The largest absolute Gasteiger partial charge is 0.350 e. The summed E-state index contributed by atoms with van der Waals surface area (Å²) in [4.78, 5) is 9.00. The third-order valence-corrected chi connectivity index (χ3v) is 5.89. The van der Waals surface area contributed by atoms with Crippen LogP contribution in [0.5, 0.6) is 0 Å². The first-order chi connectivity index (χ1) is 8.76. The fourth-order valence-electron chi connectivity index (χ4n) is 1.91. The molecule has 1 aliphatic rings. The maximum Gasteiger partial charge on any atom is 0.200 e. The Hall–Kier alpha value is -0.300. The Balaban J connectivity index is 2.20. The summed E-state index contributed by atoms with van der Waals surface area (Å²) in [5.41, 5.74) is 0.786. The molecule has 18 heavy (non-hydrogen) atoms. The summed E-state index contributed by atoms with van der Waals surface area (Å²) in [6.07, 6.45) is 1.37. The lowest BCUT2D eigenvalue weighted by molar-refractivity contribution is -0.108. The average Bonchev–Trinajstić information content (AvgIpc) is 2.41. The smallest absolute Gasteiger partial charge is 0.200 e. The van der Waals surface area contributed by atoms with Crippen LogP contribution in [-0.2, 0) is 9.47 Å². The summed E-state index contributed by atoms with van der Waals surface area (Å²) in [5.74, 6) is 3.25. The van der Waals surface area contributed by atoms with Gasteiger partial charge in [-0.25, -0.2) is 9.97 Å². The van der Waals surface area contributed by atoms with E-state index < -0.39 is 6.29 Å². The molecule has 1 aromatic heterocycles. The molecule has 1 aliphatic heterocycles. The molecule has 0 bridgehead atoms. The molecule has 100 valence electrons. The zero-order valence-electron chi connectivity index (χ0n) is 10.8. The molecule has 2 rings (SSSR count). The highest BCUT2D eigenvalue weighted by Crippen LogP contribution is 2.41. The Kier molecular flexibility index (Phi) is 5.29. The van der Waals surface area contributed by atoms with E-state index in [-0.39, 0.29) is 0 Å². The lowest BCUT2D eigenvalue weighted by Gasteiger charge is -2.27. The second-order valence-corrected chi connectivity index (χ2v) is 6.74. The van der Waals surface area contributed by atoms with Crippen molar-refractivity contribution in [3.05, 3.63) is 23.8 Å². The Morgan fingerprint density at radius 1 is 1.28 bits per heavy atom. The molecule has 2 atom stereocenters. The van der Waals surface area contributed by atoms with Gasteiger partial charge >= 0.3 is 0 Å². The number of methoxy groups -OCH3 is 2. The molecule has 6 heteroatoms. The van der Waals surface area contributed by atoms with Crippen LogP contribution < -0.4 is 0 Å². The Morgan fingerprint density at radius 2 is 2.00 bits per heavy atom. The van der Waals surface area contributed by atoms with Crippen LogP contribution in [0, 0.1) is 0 Å². The van der Waals surface area contributed by atoms with Crippen molar-refractivity contribution in [3.8, 4) is 0 Å². The van der Waals surface area contributed by atoms with Gasteiger partial charge in [-0.2, -0.15) is 11.8 Å². The van der Waals surface area contributed by atoms with Gasteiger partial charge in [0.05, 0.1) is 10.9 Å². The third-order valence-electron chi connectivity index (χ3n) is 2.81. The van der Waals surface area contributed by atoms with E-state index >= 15 is 0 Å². The lowest BCUT2D eigenvalue weighted by atomic mass is 10.3. The number of thioether (sulfide) groups is 2. The summed E-state index contributed by atoms with van der Waals surface area (Å²) in [6, 6.07) is 1.84. The standard InChI is InChI=1S/C12H18N2O2S2/c1-8-10(18-7-6-17-8)11-13-5-4-9(14-11)12(15-2)16-3/h4-5,8,10,12H,6-7H2,1-3H3. The maximum atomic E-state index is 5.23. The van der Waals surface area contributed by atoms with Crippen LogP contribution in [0.2, 0.25) is 0 Å². The molecule has 0 aliphatic carbocycles. The normalized spacial score (nSPS) is 24.4. The summed E-state index contributed by atoms with van der Waals surface area (Å²) >= 11 is 3.92. The zero-order chi connectivity index (χ0) is 13.0. The second-order valence-electron chi connectivity index (χ2n) is 4.01. The molecular formula is C12H18N2O2S2. The molecular weight excluding hydrogens is 268 g/mol. The van der Waals surface area contributed by atoms with Crippen LogP contribution in [0.25, 0.3) is 0 Å². The van der Waals surface area contributed by atoms with Gasteiger partial charge in [0.1, 0.15) is 5.82 Å². The van der Waals surface area contributed by atoms with E-state index in [0.29, 0.717) is 10.5 Å². The predicted octanol–water partition coefficient (Wildman–Crippen LogP) is 2.68. The molecule has 1 fully saturated rings. The number of hydrogen-bond donors (Lipinski definition) is 0. The van der Waals surface area contributed by atoms with Gasteiger partial charge in [0.25, 0.3) is 0 Å². The van der Waals surface area contributed by atoms with Gasteiger partial charge in [0.15, 0.2) is 0 Å². The van der Waals surface area contributed by atoms with E-state index in [1.54, 1.807) is 20.4 Å². The van der Waals surface area contributed by atoms with Gasteiger partial charge in [0.2, 0.25) is 6.29 Å². The predicted molar refractivity (Wildman–Crippen MR) is 75.9 cm³/mol. The highest BCUT2D eigenvalue weighted by molar-refractivity contribution is 8.06. The fraction of sp³-hybridized carbons (Fsp3) is 0.667. The van der Waals surface area contributed by atoms with Crippen molar-refractivity contribution >= 4 is 23.5 Å². The molecule has 0 radical (unpaired) electrons. The minimum Gasteiger partial charge on any atom is -0.350 e. The van der Waals surface area contributed by atoms with Crippen molar-refractivity contribution in [1.82, 2.24) is 9.97 Å². The van der Waals surface area contributed by atoms with Gasteiger partial charge < -0.3 is 9.47 Å². The first-order valence-electron chi connectivity index (χ1n) is 5.88. The van der Waals surface area contributed by atoms with Crippen molar-refractivity contribution in [3.63, 3.8) is 0 Å². The van der Waals surface area contributed by atoms with Crippen molar-refractivity contribution in [2.45, 2.75) is 23.7 Å². The summed E-state index contributed by atoms with van der Waals surface area (Å²) in [5, 5.41) is 0.903. The highest BCUT2D eigenvalue weighted by atomic mass is 32.2. The minimum atomic E-state index is -0.414. The highest BCUT2D eigenvalue weighted by Gasteiger charge is 2.27. The molecule has 4 nitrogen and oxygen atoms in total. The molecule has 1 saturated heterocycles. The summed E-state index contributed by atoms with van der Waals surface area (Å²) < 4.78 is 10.5. The summed E-state index contributed by atoms with van der Waals surface area (Å²) in [6.45, 7) is 2.24. The minimum absolute atomic E-state index is 0.359. The van der Waals surface area contributed by atoms with Crippen molar-refractivity contribution in [1.29, 1.82) is 0 Å². The van der Waals surface area contributed by atoms with E-state index in [4.69, 9.17) is 9.47 Å². The van der Waals surface area contributed by atoms with Crippen LogP contribution in [-0.4, -0.2) is 40.9 Å². The molecule has 0 N–H and O–H groups in total. The van der Waals surface area contributed by atoms with E-state index in [2.05, 4.69) is 16.9 Å². The Labute approximate surface area is 116 Å². The van der Waals surface area contributed by atoms with Crippen LogP contribution in [0.15, 0.2) is 12.3 Å². The van der Waals surface area contributed by atoms with Crippen LogP contribution in [0.1, 0.15) is 30.0 Å². The first kappa shape index (κ1) is 14.1. The van der Waals surface area contributed by atoms with Crippen molar-refractivity contribution in [2.24, 2.45) is 0 Å². The number of ether oxygens (including phenoxy) is 2. The van der Waals surface area contributed by atoms with Crippen molar-refractivity contribution < 1.29 is 9.47 Å². The molecule has 0 amide bonds. The van der Waals surface area contributed by atoms with Gasteiger partial charge in [-0.15, -0.1) is 11.8 Å². The Bertz CT molecular complexity index is 388. The van der Waals surface area contributed by atoms with E-state index in [1.165, 1.54) is 5.75 Å². The fourth-order valence-corrected chi connectivity index (χ4v) is 4.61. The maximum absolute atomic E-state index is 5.23. The van der Waals surface area contributed by atoms with E-state index in [9.17, 15) is 0 Å². The quantitative estimate of drug-likeness (QED) is 0.793. The van der Waals surface area contributed by atoms with Crippen LogP contribution >= 0.6 is 23.5 Å². The van der Waals surface area contributed by atoms with Crippen LogP contribution in [0.3, 0.4) is 0 Å². The van der Waals surface area contributed by atoms with Crippen molar-refractivity contribution in [2.75, 3.05) is 25.7 Å². The number of nitrogens with zero attached hydrogens (tertiary/aromatic N) is 2. The van der Waals surface area contributed by atoms with Gasteiger partial charge in [-0.3, -0.25) is 0 Å². The molecule has 0 aromatic carbocycles. The first-order valence-corrected chi connectivity index (χ1v) is 7.97. The van der Waals surface area contributed by atoms with Crippen LogP contribution in [0.4, 0.5) is 0 Å². The monoisotopic (exact) mass is 286 g/mol. The molecule has 0 saturated carbocycles. The summed E-state index contributed by atoms with van der Waals surface area (Å²) in [7, 11) is 3.23. The van der Waals surface area contributed by atoms with Gasteiger partial charge in [0, 0.05) is 37.2 Å². The molecule has 2 unspecified atom stereocenters. The zero-order valence-corrected chi connectivity index (χ0v) is 12.5. The Morgan fingerprint density at radius 3 is 2.67 bits per heavy atom. The number of aromatic nitrogens is 2. The molecule has 1 aromatic rings. The second kappa shape index (κ2) is 6.75. The van der Waals surface area contributed by atoms with Gasteiger partial charge in [-0.1, -0.05) is 6.92 Å². The number of hydrogen-bond acceptors (Lipinski definition) is 6. The lowest BCUT2D eigenvalue weighted by Crippen LogP contribution is -2.19. The van der Waals surface area contributed by atoms with E-state index in [0.717, 1.165) is 17.3 Å². The molecule has 2 heterocycles. The average molecular weight is 286 g/mol. The number of rotatable bonds is 4.